The molecule has 0 radical (unpaired) electrons. The topological polar surface area (TPSA) is 66.0 Å². The summed E-state index contributed by atoms with van der Waals surface area (Å²) in [5.41, 5.74) is 2.85. The van der Waals surface area contributed by atoms with Crippen molar-refractivity contribution < 1.29 is 0 Å². The molecule has 1 N–H and O–H groups in total. The second kappa shape index (κ2) is 4.83. The Morgan fingerprint density at radius 3 is 2.95 bits per heavy atom. The summed E-state index contributed by atoms with van der Waals surface area (Å²) in [6.45, 7) is 1.91. The Hall–Kier alpha value is -2.58. The summed E-state index contributed by atoms with van der Waals surface area (Å²) in [4.78, 5) is 4.24. The summed E-state index contributed by atoms with van der Waals surface area (Å²) in [5.74, 6) is 0.773. The molecule has 0 aliphatic heterocycles. The lowest BCUT2D eigenvalue weighted by Gasteiger charge is -2.08. The fourth-order valence-electron chi connectivity index (χ4n) is 1.94. The zero-order valence-electron chi connectivity index (χ0n) is 10.6. The average Bonchev–Trinajstić information content (AvgIpc) is 2.82. The lowest BCUT2D eigenvalue weighted by Crippen LogP contribution is -2.01. The van der Waals surface area contributed by atoms with Gasteiger partial charge in [0.1, 0.15) is 11.9 Å². The first-order valence-corrected chi connectivity index (χ1v) is 6.33. The van der Waals surface area contributed by atoms with E-state index in [1.165, 1.54) is 0 Å². The largest absolute Gasteiger partial charge is 0.340 e. The van der Waals surface area contributed by atoms with Gasteiger partial charge in [0.15, 0.2) is 5.65 Å². The molecule has 0 bridgehead atoms. The van der Waals surface area contributed by atoms with E-state index in [1.807, 2.05) is 25.1 Å². The predicted molar refractivity (Wildman–Crippen MR) is 77.2 cm³/mol. The van der Waals surface area contributed by atoms with E-state index >= 15 is 0 Å². The maximum atomic E-state index is 8.99. The van der Waals surface area contributed by atoms with Crippen LogP contribution in [0.5, 0.6) is 0 Å². The minimum atomic E-state index is 0.429. The lowest BCUT2D eigenvalue weighted by atomic mass is 10.2. The number of halogens is 1. The van der Waals surface area contributed by atoms with E-state index < -0.39 is 0 Å². The van der Waals surface area contributed by atoms with Gasteiger partial charge in [0.25, 0.3) is 0 Å². The highest BCUT2D eigenvalue weighted by Gasteiger charge is 2.06. The molecule has 2 aromatic heterocycles. The Kier molecular flexibility index (Phi) is 3.01. The smallest absolute Gasteiger partial charge is 0.157 e. The number of nitrogens with one attached hydrogen (secondary N) is 1. The molecule has 5 nitrogen and oxygen atoms in total. The lowest BCUT2D eigenvalue weighted by molar-refractivity contribution is 0.925. The number of fused-ring (bicyclic) bond motifs is 1. The molecule has 0 unspecified atom stereocenters. The van der Waals surface area contributed by atoms with Crippen LogP contribution < -0.4 is 5.32 Å². The first kappa shape index (κ1) is 12.5. The van der Waals surface area contributed by atoms with E-state index in [1.54, 1.807) is 22.8 Å². The quantitative estimate of drug-likeness (QED) is 0.783. The van der Waals surface area contributed by atoms with Crippen molar-refractivity contribution in [3.63, 3.8) is 0 Å². The standard InChI is InChI=1S/C14H10ClN5/c1-9-6-14-17-5-4-13(20(14)19-9)18-11-2-3-12(15)10(7-11)8-16/h2-7,18H,1H3. The van der Waals surface area contributed by atoms with E-state index in [2.05, 4.69) is 21.5 Å². The van der Waals surface area contributed by atoms with Crippen LogP contribution in [0.2, 0.25) is 5.02 Å². The molecular weight excluding hydrogens is 274 g/mol. The van der Waals surface area contributed by atoms with Crippen molar-refractivity contribution in [2.75, 3.05) is 5.32 Å². The monoisotopic (exact) mass is 283 g/mol. The van der Waals surface area contributed by atoms with Crippen molar-refractivity contribution in [2.45, 2.75) is 6.92 Å². The van der Waals surface area contributed by atoms with Crippen LogP contribution in [0.4, 0.5) is 11.5 Å². The Morgan fingerprint density at radius 1 is 1.30 bits per heavy atom. The van der Waals surface area contributed by atoms with E-state index in [0.29, 0.717) is 10.6 Å². The van der Waals surface area contributed by atoms with Crippen LogP contribution >= 0.6 is 11.6 Å². The third kappa shape index (κ3) is 2.17. The summed E-state index contributed by atoms with van der Waals surface area (Å²) in [5, 5.41) is 17.0. The van der Waals surface area contributed by atoms with Gasteiger partial charge in [0.2, 0.25) is 0 Å². The third-order valence-electron chi connectivity index (χ3n) is 2.84. The highest BCUT2D eigenvalue weighted by Crippen LogP contribution is 2.23. The average molecular weight is 284 g/mol. The van der Waals surface area contributed by atoms with Crippen LogP contribution in [0.15, 0.2) is 36.5 Å². The van der Waals surface area contributed by atoms with Crippen LogP contribution in [-0.4, -0.2) is 14.6 Å². The Morgan fingerprint density at radius 2 is 2.15 bits per heavy atom. The maximum Gasteiger partial charge on any atom is 0.157 e. The Labute approximate surface area is 120 Å². The molecule has 6 heteroatoms. The maximum absolute atomic E-state index is 8.99. The minimum absolute atomic E-state index is 0.429. The van der Waals surface area contributed by atoms with Gasteiger partial charge < -0.3 is 5.32 Å². The van der Waals surface area contributed by atoms with Gasteiger partial charge in [-0.25, -0.2) is 4.98 Å². The molecule has 3 aromatic rings. The highest BCUT2D eigenvalue weighted by molar-refractivity contribution is 6.31. The molecule has 0 fully saturated rings. The van der Waals surface area contributed by atoms with Crippen molar-refractivity contribution in [2.24, 2.45) is 0 Å². The SMILES string of the molecule is Cc1cc2nccc(Nc3ccc(Cl)c(C#N)c3)n2n1. The Balaban J connectivity index is 2.03. The zero-order chi connectivity index (χ0) is 14.1. The van der Waals surface area contributed by atoms with Gasteiger partial charge >= 0.3 is 0 Å². The molecule has 98 valence electrons. The third-order valence-corrected chi connectivity index (χ3v) is 3.17. The van der Waals surface area contributed by atoms with E-state index in [0.717, 1.165) is 22.8 Å². The van der Waals surface area contributed by atoms with Crippen LogP contribution in [0, 0.1) is 18.3 Å². The van der Waals surface area contributed by atoms with Gasteiger partial charge in [-0.2, -0.15) is 14.9 Å². The molecule has 1 aromatic carbocycles. The van der Waals surface area contributed by atoms with Crippen molar-refractivity contribution >= 4 is 28.8 Å². The number of anilines is 2. The number of nitrogens with zero attached hydrogens (tertiary/aromatic N) is 4. The number of aryl methyl sites for hydroxylation is 1. The van der Waals surface area contributed by atoms with Gasteiger partial charge in [0.05, 0.1) is 16.3 Å². The van der Waals surface area contributed by atoms with Gasteiger partial charge in [0, 0.05) is 18.0 Å². The van der Waals surface area contributed by atoms with Gasteiger partial charge in [-0.3, -0.25) is 0 Å². The first-order valence-electron chi connectivity index (χ1n) is 5.95. The van der Waals surface area contributed by atoms with E-state index in [-0.39, 0.29) is 0 Å². The van der Waals surface area contributed by atoms with Gasteiger partial charge in [-0.1, -0.05) is 11.6 Å². The van der Waals surface area contributed by atoms with Crippen molar-refractivity contribution in [3.05, 3.63) is 52.8 Å². The van der Waals surface area contributed by atoms with E-state index in [9.17, 15) is 0 Å². The summed E-state index contributed by atoms with van der Waals surface area (Å²) in [6, 6.07) is 11.0. The molecule has 0 atom stereocenters. The normalized spacial score (nSPS) is 10.4. The second-order valence-electron chi connectivity index (χ2n) is 4.32. The van der Waals surface area contributed by atoms with Gasteiger partial charge in [-0.15, -0.1) is 0 Å². The number of hydrogen-bond donors (Lipinski definition) is 1. The predicted octanol–water partition coefficient (Wildman–Crippen LogP) is 3.31. The molecule has 3 rings (SSSR count). The summed E-state index contributed by atoms with van der Waals surface area (Å²) >= 11 is 5.92. The molecule has 0 spiro atoms. The number of benzene rings is 1. The summed E-state index contributed by atoms with van der Waals surface area (Å²) in [7, 11) is 0. The van der Waals surface area contributed by atoms with Crippen LogP contribution in [-0.2, 0) is 0 Å². The van der Waals surface area contributed by atoms with Crippen LogP contribution in [0.1, 0.15) is 11.3 Å². The van der Waals surface area contributed by atoms with Crippen LogP contribution in [0.25, 0.3) is 5.65 Å². The molecule has 0 aliphatic carbocycles. The molecule has 0 aliphatic rings. The zero-order valence-corrected chi connectivity index (χ0v) is 11.4. The van der Waals surface area contributed by atoms with Crippen molar-refractivity contribution in [1.29, 1.82) is 5.26 Å². The summed E-state index contributed by atoms with van der Waals surface area (Å²) < 4.78 is 1.72. The fourth-order valence-corrected chi connectivity index (χ4v) is 2.10. The molecule has 0 saturated heterocycles. The number of hydrogen-bond acceptors (Lipinski definition) is 4. The fraction of sp³-hybridized carbons (Fsp3) is 0.0714. The second-order valence-corrected chi connectivity index (χ2v) is 4.72. The van der Waals surface area contributed by atoms with Crippen LogP contribution in [0.3, 0.4) is 0 Å². The first-order chi connectivity index (χ1) is 9.67. The molecule has 20 heavy (non-hydrogen) atoms. The number of rotatable bonds is 2. The minimum Gasteiger partial charge on any atom is -0.340 e. The van der Waals surface area contributed by atoms with Gasteiger partial charge in [-0.05, 0) is 31.2 Å². The molecule has 0 saturated carbocycles. The highest BCUT2D eigenvalue weighted by atomic mass is 35.5. The summed E-state index contributed by atoms with van der Waals surface area (Å²) in [6.07, 6.45) is 1.71. The number of aromatic nitrogens is 3. The van der Waals surface area contributed by atoms with Crippen molar-refractivity contribution in [1.82, 2.24) is 14.6 Å². The Bertz CT molecular complexity index is 831. The molecular formula is C14H10ClN5. The number of nitriles is 1. The van der Waals surface area contributed by atoms with Crippen molar-refractivity contribution in [3.8, 4) is 6.07 Å². The van der Waals surface area contributed by atoms with E-state index in [4.69, 9.17) is 16.9 Å². The molecule has 0 amide bonds. The molecule has 2 heterocycles.